The molecule has 4 nitrogen and oxygen atoms in total. The van der Waals surface area contributed by atoms with Gasteiger partial charge < -0.3 is 4.57 Å². The lowest BCUT2D eigenvalue weighted by molar-refractivity contribution is 0.888. The van der Waals surface area contributed by atoms with E-state index < -0.39 is 0 Å². The molecule has 0 saturated heterocycles. The molecular weight excluding hydrogens is 268 g/mol. The number of pyridine rings is 1. The number of hydrogen-bond donors (Lipinski definition) is 0. The van der Waals surface area contributed by atoms with E-state index in [9.17, 15) is 0 Å². The molecule has 0 aliphatic heterocycles. The Balaban J connectivity index is 2.05. The highest BCUT2D eigenvalue weighted by Gasteiger charge is 2.01. The second kappa shape index (κ2) is 5.38. The highest BCUT2D eigenvalue weighted by molar-refractivity contribution is 7.16. The van der Waals surface area contributed by atoms with Gasteiger partial charge in [0.15, 0.2) is 0 Å². The number of thiazole rings is 1. The van der Waals surface area contributed by atoms with Crippen molar-refractivity contribution < 1.29 is 0 Å². The van der Waals surface area contributed by atoms with E-state index in [1.807, 2.05) is 44.3 Å². The quantitative estimate of drug-likeness (QED) is 0.526. The highest BCUT2D eigenvalue weighted by atomic mass is 32.1. The Bertz CT molecular complexity index is 828. The maximum atomic E-state index is 4.35. The first kappa shape index (κ1) is 12.7. The van der Waals surface area contributed by atoms with Crippen LogP contribution in [0, 0.1) is 0 Å². The van der Waals surface area contributed by atoms with Gasteiger partial charge in [0.1, 0.15) is 0 Å². The lowest BCUT2D eigenvalue weighted by Crippen LogP contribution is -2.09. The molecule has 0 N–H and O–H groups in total. The van der Waals surface area contributed by atoms with E-state index in [4.69, 9.17) is 0 Å². The SMILES string of the molecule is C/C(=N/N=c1/sc2ccccc2n1C)c1ccccn1. The average Bonchev–Trinajstić information content (AvgIpc) is 2.83. The third kappa shape index (κ3) is 2.40. The van der Waals surface area contributed by atoms with Crippen molar-refractivity contribution in [3.05, 3.63) is 59.2 Å². The Kier molecular flexibility index (Phi) is 3.43. The molecule has 0 bridgehead atoms. The second-order valence-corrected chi connectivity index (χ2v) is 5.42. The highest BCUT2D eigenvalue weighted by Crippen LogP contribution is 2.15. The predicted molar refractivity (Wildman–Crippen MR) is 82.8 cm³/mol. The molecule has 5 heteroatoms. The summed E-state index contributed by atoms with van der Waals surface area (Å²) in [6.07, 6.45) is 1.76. The Hall–Kier alpha value is -2.27. The van der Waals surface area contributed by atoms with Gasteiger partial charge >= 0.3 is 0 Å². The molecular formula is C15H14N4S. The maximum absolute atomic E-state index is 4.35. The summed E-state index contributed by atoms with van der Waals surface area (Å²) in [6, 6.07) is 14.0. The predicted octanol–water partition coefficient (Wildman–Crippen LogP) is 2.96. The number of nitrogens with zero attached hydrogens (tertiary/aromatic N) is 4. The monoisotopic (exact) mass is 282 g/mol. The fourth-order valence-corrected chi connectivity index (χ4v) is 2.89. The van der Waals surface area contributed by atoms with Crippen LogP contribution >= 0.6 is 11.3 Å². The molecule has 3 aromatic rings. The number of fused-ring (bicyclic) bond motifs is 1. The summed E-state index contributed by atoms with van der Waals surface area (Å²) in [4.78, 5) is 5.14. The van der Waals surface area contributed by atoms with Crippen LogP contribution in [0.5, 0.6) is 0 Å². The van der Waals surface area contributed by atoms with Gasteiger partial charge in [0.25, 0.3) is 0 Å². The topological polar surface area (TPSA) is 42.5 Å². The first-order valence-corrected chi connectivity index (χ1v) is 7.11. The number of hydrogen-bond acceptors (Lipinski definition) is 4. The van der Waals surface area contributed by atoms with Crippen LogP contribution in [-0.2, 0) is 7.05 Å². The Morgan fingerprint density at radius 1 is 1.15 bits per heavy atom. The summed E-state index contributed by atoms with van der Waals surface area (Å²) >= 11 is 1.63. The van der Waals surface area contributed by atoms with Gasteiger partial charge in [-0.3, -0.25) is 4.98 Å². The minimum Gasteiger partial charge on any atom is -0.318 e. The minimum absolute atomic E-state index is 0.808. The van der Waals surface area contributed by atoms with Crippen LogP contribution in [0.3, 0.4) is 0 Å². The number of para-hydroxylation sites is 1. The molecule has 0 atom stereocenters. The molecule has 0 aliphatic carbocycles. The fourth-order valence-electron chi connectivity index (χ4n) is 1.92. The van der Waals surface area contributed by atoms with Crippen LogP contribution < -0.4 is 4.80 Å². The Morgan fingerprint density at radius 3 is 2.70 bits per heavy atom. The van der Waals surface area contributed by atoms with Crippen molar-refractivity contribution in [2.45, 2.75) is 6.92 Å². The number of rotatable bonds is 2. The van der Waals surface area contributed by atoms with Crippen LogP contribution in [0.15, 0.2) is 58.9 Å². The van der Waals surface area contributed by atoms with Crippen LogP contribution in [-0.4, -0.2) is 15.3 Å². The van der Waals surface area contributed by atoms with Crippen molar-refractivity contribution in [2.75, 3.05) is 0 Å². The fraction of sp³-hybridized carbons (Fsp3) is 0.133. The molecule has 3 rings (SSSR count). The van der Waals surface area contributed by atoms with E-state index in [0.29, 0.717) is 0 Å². The third-order valence-corrected chi connectivity index (χ3v) is 4.14. The van der Waals surface area contributed by atoms with E-state index in [1.54, 1.807) is 17.5 Å². The van der Waals surface area contributed by atoms with Gasteiger partial charge in [0.05, 0.1) is 21.6 Å². The standard InChI is InChI=1S/C15H14N4S/c1-11(12-7-5-6-10-16-12)17-18-15-19(2)13-8-3-4-9-14(13)20-15/h3-10H,1-2H3/b17-11-,18-15+. The summed E-state index contributed by atoms with van der Waals surface area (Å²) < 4.78 is 3.26. The first-order chi connectivity index (χ1) is 9.75. The van der Waals surface area contributed by atoms with Crippen molar-refractivity contribution in [2.24, 2.45) is 17.3 Å². The Morgan fingerprint density at radius 2 is 1.95 bits per heavy atom. The zero-order valence-corrected chi connectivity index (χ0v) is 12.1. The van der Waals surface area contributed by atoms with Gasteiger partial charge in [0, 0.05) is 13.2 Å². The molecule has 1 aromatic carbocycles. The lowest BCUT2D eigenvalue weighted by Gasteiger charge is -1.95. The van der Waals surface area contributed by atoms with Crippen LogP contribution in [0.25, 0.3) is 10.2 Å². The molecule has 0 unspecified atom stereocenters. The van der Waals surface area contributed by atoms with Gasteiger partial charge in [0.2, 0.25) is 4.80 Å². The van der Waals surface area contributed by atoms with Crippen molar-refractivity contribution in [3.8, 4) is 0 Å². The molecule has 2 heterocycles. The third-order valence-electron chi connectivity index (χ3n) is 3.04. The van der Waals surface area contributed by atoms with E-state index in [1.165, 1.54) is 10.2 Å². The van der Waals surface area contributed by atoms with E-state index in [-0.39, 0.29) is 0 Å². The summed E-state index contributed by atoms with van der Waals surface area (Å²) in [7, 11) is 2.00. The van der Waals surface area contributed by atoms with Crippen LogP contribution in [0.1, 0.15) is 12.6 Å². The number of benzene rings is 1. The summed E-state index contributed by atoms with van der Waals surface area (Å²) in [5.74, 6) is 0. The first-order valence-electron chi connectivity index (χ1n) is 6.30. The van der Waals surface area contributed by atoms with Crippen LogP contribution in [0.2, 0.25) is 0 Å². The van der Waals surface area contributed by atoms with Gasteiger partial charge in [-0.25, -0.2) is 0 Å². The molecule has 0 amide bonds. The summed E-state index contributed by atoms with van der Waals surface area (Å²) in [6.45, 7) is 1.92. The molecule has 0 saturated carbocycles. The second-order valence-electron chi connectivity index (χ2n) is 4.41. The smallest absolute Gasteiger partial charge is 0.211 e. The van der Waals surface area contributed by atoms with E-state index >= 15 is 0 Å². The van der Waals surface area contributed by atoms with Gasteiger partial charge in [-0.15, -0.1) is 5.10 Å². The zero-order chi connectivity index (χ0) is 13.9. The number of aromatic nitrogens is 2. The molecule has 20 heavy (non-hydrogen) atoms. The molecule has 2 aromatic heterocycles. The molecule has 100 valence electrons. The largest absolute Gasteiger partial charge is 0.318 e. The van der Waals surface area contributed by atoms with Crippen molar-refractivity contribution in [3.63, 3.8) is 0 Å². The maximum Gasteiger partial charge on any atom is 0.211 e. The summed E-state index contributed by atoms with van der Waals surface area (Å²) in [5.41, 5.74) is 2.82. The average molecular weight is 282 g/mol. The van der Waals surface area contributed by atoms with E-state index in [0.717, 1.165) is 16.2 Å². The molecule has 0 aliphatic rings. The molecule has 0 fully saturated rings. The lowest BCUT2D eigenvalue weighted by atomic mass is 10.3. The Labute approximate surface area is 120 Å². The minimum atomic E-state index is 0.808. The van der Waals surface area contributed by atoms with Crippen molar-refractivity contribution in [1.82, 2.24) is 9.55 Å². The molecule has 0 spiro atoms. The van der Waals surface area contributed by atoms with Gasteiger partial charge in [-0.1, -0.05) is 29.5 Å². The van der Waals surface area contributed by atoms with Gasteiger partial charge in [-0.05, 0) is 31.2 Å². The van der Waals surface area contributed by atoms with Crippen LogP contribution in [0.4, 0.5) is 0 Å². The van der Waals surface area contributed by atoms with Crippen molar-refractivity contribution in [1.29, 1.82) is 0 Å². The van der Waals surface area contributed by atoms with E-state index in [2.05, 4.69) is 31.9 Å². The molecule has 0 radical (unpaired) electrons. The zero-order valence-electron chi connectivity index (χ0n) is 11.3. The summed E-state index contributed by atoms with van der Waals surface area (Å²) in [5, 5.41) is 8.64. The van der Waals surface area contributed by atoms with Gasteiger partial charge in [-0.2, -0.15) is 5.10 Å². The normalized spacial score (nSPS) is 13.1. The van der Waals surface area contributed by atoms with Crippen molar-refractivity contribution >= 4 is 27.3 Å². The number of aryl methyl sites for hydroxylation is 1.